The van der Waals surface area contributed by atoms with Crippen molar-refractivity contribution in [1.29, 1.82) is 0 Å². The number of hydrogen-bond acceptors (Lipinski definition) is 4. The normalized spacial score (nSPS) is 10.8. The summed E-state index contributed by atoms with van der Waals surface area (Å²) in [4.78, 5) is 0. The highest BCUT2D eigenvalue weighted by atomic mass is 19.1. The van der Waals surface area contributed by atoms with Gasteiger partial charge in [0.25, 0.3) is 0 Å². The third-order valence-electron chi connectivity index (χ3n) is 2.54. The van der Waals surface area contributed by atoms with Gasteiger partial charge in [-0.25, -0.2) is 9.07 Å². The van der Waals surface area contributed by atoms with Crippen LogP contribution in [0.3, 0.4) is 0 Å². The van der Waals surface area contributed by atoms with Crippen LogP contribution in [0.1, 0.15) is 12.0 Å². The van der Waals surface area contributed by atoms with Gasteiger partial charge in [0.2, 0.25) is 0 Å². The van der Waals surface area contributed by atoms with E-state index in [9.17, 15) is 4.39 Å². The summed E-state index contributed by atoms with van der Waals surface area (Å²) in [6.07, 6.45) is 0.755. The van der Waals surface area contributed by atoms with Crippen LogP contribution in [0.25, 0.3) is 11.4 Å². The van der Waals surface area contributed by atoms with Crippen molar-refractivity contribution in [3.63, 3.8) is 0 Å². The molecule has 0 bridgehead atoms. The first-order valence-corrected chi connectivity index (χ1v) is 5.45. The number of rotatable bonds is 4. The quantitative estimate of drug-likeness (QED) is 0.862. The molecule has 0 saturated carbocycles. The van der Waals surface area contributed by atoms with Gasteiger partial charge in [0.05, 0.1) is 5.56 Å². The first kappa shape index (κ1) is 11.7. The SMILES string of the molecule is Cc1cccc(-c2nnnn2CCCN)c1F. The fourth-order valence-corrected chi connectivity index (χ4v) is 1.61. The Bertz CT molecular complexity index is 508. The third kappa shape index (κ3) is 2.31. The van der Waals surface area contributed by atoms with Crippen molar-refractivity contribution >= 4 is 0 Å². The van der Waals surface area contributed by atoms with Crippen LogP contribution in [0.4, 0.5) is 4.39 Å². The molecule has 0 saturated heterocycles. The lowest BCUT2D eigenvalue weighted by Gasteiger charge is -2.06. The van der Waals surface area contributed by atoms with Crippen LogP contribution in [-0.2, 0) is 6.54 Å². The maximum atomic E-state index is 13.9. The van der Waals surface area contributed by atoms with Gasteiger partial charge in [-0.3, -0.25) is 0 Å². The average molecular weight is 235 g/mol. The van der Waals surface area contributed by atoms with Crippen LogP contribution in [0, 0.1) is 12.7 Å². The number of nitrogens with zero attached hydrogens (tertiary/aromatic N) is 4. The van der Waals surface area contributed by atoms with Crippen LogP contribution in [0.2, 0.25) is 0 Å². The standard InChI is InChI=1S/C11H14FN5/c1-8-4-2-5-9(10(8)12)11-14-15-16-17(11)7-3-6-13/h2,4-5H,3,6-7,13H2,1H3. The molecule has 0 spiro atoms. The molecule has 1 aromatic carbocycles. The van der Waals surface area contributed by atoms with E-state index >= 15 is 0 Å². The second kappa shape index (κ2) is 5.01. The minimum atomic E-state index is -0.281. The highest BCUT2D eigenvalue weighted by molar-refractivity contribution is 5.56. The molecule has 0 aliphatic carbocycles. The Morgan fingerprint density at radius 3 is 3.00 bits per heavy atom. The summed E-state index contributed by atoms with van der Waals surface area (Å²) in [7, 11) is 0. The second-order valence-corrected chi connectivity index (χ2v) is 3.80. The molecule has 5 nitrogen and oxygen atoms in total. The highest BCUT2D eigenvalue weighted by Gasteiger charge is 2.14. The lowest BCUT2D eigenvalue weighted by Crippen LogP contribution is -2.09. The van der Waals surface area contributed by atoms with Crippen molar-refractivity contribution in [2.24, 2.45) is 5.73 Å². The first-order valence-electron chi connectivity index (χ1n) is 5.45. The van der Waals surface area contributed by atoms with Gasteiger partial charge in [0, 0.05) is 6.54 Å². The van der Waals surface area contributed by atoms with E-state index in [0.29, 0.717) is 30.0 Å². The second-order valence-electron chi connectivity index (χ2n) is 3.80. The monoisotopic (exact) mass is 235 g/mol. The number of aromatic nitrogens is 4. The lowest BCUT2D eigenvalue weighted by molar-refractivity contribution is 0.564. The molecule has 0 fully saturated rings. The average Bonchev–Trinajstić information content (AvgIpc) is 2.78. The summed E-state index contributed by atoms with van der Waals surface area (Å²) in [5, 5.41) is 11.3. The minimum Gasteiger partial charge on any atom is -0.330 e. The van der Waals surface area contributed by atoms with Crippen molar-refractivity contribution in [2.45, 2.75) is 19.9 Å². The van der Waals surface area contributed by atoms with Gasteiger partial charge in [0.15, 0.2) is 5.82 Å². The number of benzene rings is 1. The van der Waals surface area contributed by atoms with E-state index < -0.39 is 0 Å². The van der Waals surface area contributed by atoms with Crippen molar-refractivity contribution in [1.82, 2.24) is 20.2 Å². The van der Waals surface area contributed by atoms with Crippen LogP contribution >= 0.6 is 0 Å². The maximum Gasteiger partial charge on any atom is 0.184 e. The fraction of sp³-hybridized carbons (Fsp3) is 0.364. The van der Waals surface area contributed by atoms with Gasteiger partial charge in [-0.1, -0.05) is 12.1 Å². The van der Waals surface area contributed by atoms with E-state index in [2.05, 4.69) is 15.5 Å². The highest BCUT2D eigenvalue weighted by Crippen LogP contribution is 2.22. The molecule has 2 aromatic rings. The van der Waals surface area contributed by atoms with Gasteiger partial charge in [-0.2, -0.15) is 0 Å². The Balaban J connectivity index is 2.39. The molecule has 0 radical (unpaired) electrons. The zero-order valence-corrected chi connectivity index (χ0v) is 9.60. The molecule has 17 heavy (non-hydrogen) atoms. The molecule has 0 aliphatic heterocycles. The number of tetrazole rings is 1. The molecule has 1 heterocycles. The number of nitrogens with two attached hydrogens (primary N) is 1. The zero-order chi connectivity index (χ0) is 12.3. The number of hydrogen-bond donors (Lipinski definition) is 1. The van der Waals surface area contributed by atoms with E-state index in [1.54, 1.807) is 29.8 Å². The molecule has 0 atom stereocenters. The molecule has 6 heteroatoms. The van der Waals surface area contributed by atoms with Crippen molar-refractivity contribution in [3.05, 3.63) is 29.6 Å². The van der Waals surface area contributed by atoms with E-state index in [1.165, 1.54) is 0 Å². The molecule has 1 aromatic heterocycles. The summed E-state index contributed by atoms with van der Waals surface area (Å²) >= 11 is 0. The van der Waals surface area contributed by atoms with Crippen molar-refractivity contribution in [2.75, 3.05) is 6.54 Å². The summed E-state index contributed by atoms with van der Waals surface area (Å²) in [5.41, 5.74) is 6.43. The van der Waals surface area contributed by atoms with E-state index in [4.69, 9.17) is 5.73 Å². The topological polar surface area (TPSA) is 69.6 Å². The Kier molecular flexibility index (Phi) is 3.43. The fourth-order valence-electron chi connectivity index (χ4n) is 1.61. The number of halogens is 1. The van der Waals surface area contributed by atoms with Gasteiger partial charge in [-0.05, 0) is 41.9 Å². The molecule has 0 aliphatic rings. The maximum absolute atomic E-state index is 13.9. The molecular weight excluding hydrogens is 221 g/mol. The molecule has 0 amide bonds. The van der Waals surface area contributed by atoms with E-state index in [-0.39, 0.29) is 5.82 Å². The van der Waals surface area contributed by atoms with Gasteiger partial charge in [0.1, 0.15) is 5.82 Å². The molecule has 2 rings (SSSR count). The van der Waals surface area contributed by atoms with Crippen LogP contribution in [0.15, 0.2) is 18.2 Å². The molecular formula is C11H14FN5. The van der Waals surface area contributed by atoms with Gasteiger partial charge < -0.3 is 5.73 Å². The lowest BCUT2D eigenvalue weighted by atomic mass is 10.1. The summed E-state index contributed by atoms with van der Waals surface area (Å²) < 4.78 is 15.5. The van der Waals surface area contributed by atoms with Gasteiger partial charge >= 0.3 is 0 Å². The predicted octanol–water partition coefficient (Wildman–Crippen LogP) is 1.14. The molecule has 0 unspecified atom stereocenters. The Morgan fingerprint density at radius 2 is 2.24 bits per heavy atom. The molecule has 90 valence electrons. The predicted molar refractivity (Wildman–Crippen MR) is 61.6 cm³/mol. The van der Waals surface area contributed by atoms with Gasteiger partial charge in [-0.15, -0.1) is 5.10 Å². The Morgan fingerprint density at radius 1 is 1.41 bits per heavy atom. The summed E-state index contributed by atoms with van der Waals surface area (Å²) in [5.74, 6) is 0.163. The van der Waals surface area contributed by atoms with Crippen LogP contribution in [0.5, 0.6) is 0 Å². The first-order chi connectivity index (χ1) is 8.24. The van der Waals surface area contributed by atoms with Crippen LogP contribution < -0.4 is 5.73 Å². The van der Waals surface area contributed by atoms with E-state index in [1.807, 2.05) is 0 Å². The van der Waals surface area contributed by atoms with Crippen molar-refractivity contribution in [3.8, 4) is 11.4 Å². The Hall–Kier alpha value is -1.82. The summed E-state index contributed by atoms with van der Waals surface area (Å²) in [6, 6.07) is 5.18. The zero-order valence-electron chi connectivity index (χ0n) is 9.60. The van der Waals surface area contributed by atoms with Crippen molar-refractivity contribution < 1.29 is 4.39 Å². The van der Waals surface area contributed by atoms with Crippen LogP contribution in [-0.4, -0.2) is 26.8 Å². The minimum absolute atomic E-state index is 0.281. The number of aryl methyl sites for hydroxylation is 2. The smallest absolute Gasteiger partial charge is 0.184 e. The third-order valence-corrected chi connectivity index (χ3v) is 2.54. The molecule has 2 N–H and O–H groups in total. The van der Waals surface area contributed by atoms with E-state index in [0.717, 1.165) is 6.42 Å². The largest absolute Gasteiger partial charge is 0.330 e. The Labute approximate surface area is 98.4 Å². The summed E-state index contributed by atoms with van der Waals surface area (Å²) in [6.45, 7) is 2.86.